The molecule has 1 aliphatic heterocycles. The summed E-state index contributed by atoms with van der Waals surface area (Å²) in [7, 11) is 0. The van der Waals surface area contributed by atoms with Gasteiger partial charge in [-0.25, -0.2) is 0 Å². The number of anilines is 1. The van der Waals surface area contributed by atoms with E-state index < -0.39 is 0 Å². The lowest BCUT2D eigenvalue weighted by molar-refractivity contribution is 0.0930. The van der Waals surface area contributed by atoms with E-state index in [1.54, 1.807) is 11.3 Å². The Hall–Kier alpha value is -2.05. The third kappa shape index (κ3) is 3.01. The molecule has 0 saturated carbocycles. The first kappa shape index (κ1) is 17.1. The molecule has 0 radical (unpaired) electrons. The molecule has 0 unspecified atom stereocenters. The summed E-state index contributed by atoms with van der Waals surface area (Å²) in [6.07, 6.45) is 2.88. The van der Waals surface area contributed by atoms with Crippen molar-refractivity contribution >= 4 is 38.2 Å². The van der Waals surface area contributed by atoms with Crippen LogP contribution in [-0.2, 0) is 12.8 Å². The molecule has 0 spiro atoms. The minimum atomic E-state index is -0.344. The van der Waals surface area contributed by atoms with E-state index in [4.69, 9.17) is 4.42 Å². The van der Waals surface area contributed by atoms with E-state index in [0.717, 1.165) is 45.6 Å². The molecule has 1 aliphatic carbocycles. The van der Waals surface area contributed by atoms with Crippen LogP contribution in [0.4, 0.5) is 5.00 Å². The van der Waals surface area contributed by atoms with Gasteiger partial charge in [0, 0.05) is 14.9 Å². The van der Waals surface area contributed by atoms with Gasteiger partial charge in [0.05, 0.1) is 5.56 Å². The number of thiophene rings is 1. The molecule has 3 aromatic rings. The van der Waals surface area contributed by atoms with Crippen LogP contribution in [0.15, 0.2) is 45.3 Å². The SMILES string of the molecule is C[C@H]1CCc2c(sc3c2C(=O)N[C@H](c2ccc(-c4cccc(Br)c4)o2)N3)C1. The fraction of sp³-hybridized carbons (Fsp3) is 0.286. The fourth-order valence-corrected chi connectivity index (χ4v) is 5.75. The number of halogens is 1. The molecule has 3 heterocycles. The van der Waals surface area contributed by atoms with Crippen LogP contribution in [0.5, 0.6) is 0 Å². The van der Waals surface area contributed by atoms with Crippen LogP contribution in [0.2, 0.25) is 0 Å². The molecule has 5 rings (SSSR count). The normalized spacial score (nSPS) is 21.2. The van der Waals surface area contributed by atoms with Crippen LogP contribution in [-0.4, -0.2) is 5.91 Å². The van der Waals surface area contributed by atoms with Gasteiger partial charge >= 0.3 is 0 Å². The molecule has 2 aromatic heterocycles. The van der Waals surface area contributed by atoms with Crippen molar-refractivity contribution in [1.82, 2.24) is 5.32 Å². The molecule has 0 fully saturated rings. The average molecular weight is 443 g/mol. The largest absolute Gasteiger partial charge is 0.457 e. The average Bonchev–Trinajstić information content (AvgIpc) is 3.26. The van der Waals surface area contributed by atoms with E-state index in [1.807, 2.05) is 36.4 Å². The molecule has 27 heavy (non-hydrogen) atoms. The summed E-state index contributed by atoms with van der Waals surface area (Å²) < 4.78 is 7.06. The Balaban J connectivity index is 1.45. The molecular formula is C21H19BrN2O2S. The molecule has 0 bridgehead atoms. The van der Waals surface area contributed by atoms with Crippen molar-refractivity contribution < 1.29 is 9.21 Å². The van der Waals surface area contributed by atoms with Crippen molar-refractivity contribution in [3.63, 3.8) is 0 Å². The Morgan fingerprint density at radius 1 is 1.22 bits per heavy atom. The molecule has 138 valence electrons. The van der Waals surface area contributed by atoms with E-state index >= 15 is 0 Å². The van der Waals surface area contributed by atoms with Crippen molar-refractivity contribution in [1.29, 1.82) is 0 Å². The molecule has 4 nitrogen and oxygen atoms in total. The van der Waals surface area contributed by atoms with Crippen LogP contribution in [0.25, 0.3) is 11.3 Å². The maximum Gasteiger partial charge on any atom is 0.256 e. The summed E-state index contributed by atoms with van der Waals surface area (Å²) >= 11 is 5.22. The molecule has 0 saturated heterocycles. The summed E-state index contributed by atoms with van der Waals surface area (Å²) in [4.78, 5) is 14.2. The summed E-state index contributed by atoms with van der Waals surface area (Å²) in [5, 5.41) is 7.52. The monoisotopic (exact) mass is 442 g/mol. The Kier molecular flexibility index (Phi) is 4.13. The number of amides is 1. The van der Waals surface area contributed by atoms with Gasteiger partial charge in [-0.05, 0) is 55.0 Å². The fourth-order valence-electron chi connectivity index (χ4n) is 3.91. The minimum Gasteiger partial charge on any atom is -0.457 e. The van der Waals surface area contributed by atoms with Gasteiger partial charge in [-0.15, -0.1) is 11.3 Å². The Labute approximate surface area is 170 Å². The second-order valence-electron chi connectivity index (χ2n) is 7.32. The zero-order valence-corrected chi connectivity index (χ0v) is 17.2. The quantitative estimate of drug-likeness (QED) is 0.530. The van der Waals surface area contributed by atoms with Gasteiger partial charge in [0.25, 0.3) is 5.91 Å². The highest BCUT2D eigenvalue weighted by Crippen LogP contribution is 2.42. The maximum absolute atomic E-state index is 12.8. The number of hydrogen-bond donors (Lipinski definition) is 2. The Morgan fingerprint density at radius 3 is 2.96 bits per heavy atom. The van der Waals surface area contributed by atoms with E-state index in [0.29, 0.717) is 11.7 Å². The second-order valence-corrected chi connectivity index (χ2v) is 9.34. The molecule has 2 aliphatic rings. The lowest BCUT2D eigenvalue weighted by Crippen LogP contribution is -2.38. The zero-order valence-electron chi connectivity index (χ0n) is 14.8. The highest BCUT2D eigenvalue weighted by atomic mass is 79.9. The van der Waals surface area contributed by atoms with Crippen molar-refractivity contribution in [3.05, 3.63) is 62.6 Å². The summed E-state index contributed by atoms with van der Waals surface area (Å²) in [6.45, 7) is 2.28. The van der Waals surface area contributed by atoms with Crippen molar-refractivity contribution in [2.45, 2.75) is 32.4 Å². The number of fused-ring (bicyclic) bond motifs is 3. The van der Waals surface area contributed by atoms with Gasteiger partial charge in [-0.1, -0.05) is 35.0 Å². The number of carbonyl (C=O) groups excluding carboxylic acids is 1. The highest BCUT2D eigenvalue weighted by Gasteiger charge is 2.34. The first-order valence-electron chi connectivity index (χ1n) is 9.16. The Morgan fingerprint density at radius 2 is 2.11 bits per heavy atom. The maximum atomic E-state index is 12.8. The van der Waals surface area contributed by atoms with Crippen molar-refractivity contribution in [3.8, 4) is 11.3 Å². The van der Waals surface area contributed by atoms with Crippen LogP contribution < -0.4 is 10.6 Å². The van der Waals surface area contributed by atoms with Gasteiger partial charge in [-0.3, -0.25) is 4.79 Å². The lowest BCUT2D eigenvalue weighted by Gasteiger charge is -2.25. The molecule has 1 amide bonds. The second kappa shape index (κ2) is 6.53. The standard InChI is InChI=1S/C21H19BrN2O2S/c1-11-5-6-14-17(9-11)27-21-18(14)20(25)23-19(24-21)16-8-7-15(26-16)12-3-2-4-13(22)10-12/h2-4,7-8,10-11,19,24H,5-6,9H2,1H3,(H,23,25)/t11-,19-/m0/s1. The van der Waals surface area contributed by atoms with E-state index in [1.165, 1.54) is 10.4 Å². The summed E-state index contributed by atoms with van der Waals surface area (Å²) in [5.41, 5.74) is 3.08. The summed E-state index contributed by atoms with van der Waals surface area (Å²) in [6, 6.07) is 11.9. The topological polar surface area (TPSA) is 54.3 Å². The summed E-state index contributed by atoms with van der Waals surface area (Å²) in [5.74, 6) is 2.19. The first-order chi connectivity index (χ1) is 13.1. The van der Waals surface area contributed by atoms with Crippen LogP contribution >= 0.6 is 27.3 Å². The molecular weight excluding hydrogens is 424 g/mol. The number of hydrogen-bond acceptors (Lipinski definition) is 4. The number of carbonyl (C=O) groups is 1. The van der Waals surface area contributed by atoms with Crippen molar-refractivity contribution in [2.75, 3.05) is 5.32 Å². The van der Waals surface area contributed by atoms with Crippen molar-refractivity contribution in [2.24, 2.45) is 5.92 Å². The molecule has 1 aromatic carbocycles. The molecule has 2 atom stereocenters. The van der Waals surface area contributed by atoms with Gasteiger partial charge in [0.1, 0.15) is 16.5 Å². The number of benzene rings is 1. The zero-order chi connectivity index (χ0) is 18.5. The third-order valence-electron chi connectivity index (χ3n) is 5.31. The Bertz CT molecular complexity index is 1040. The predicted octanol–water partition coefficient (Wildman–Crippen LogP) is 5.75. The van der Waals surface area contributed by atoms with Crippen LogP contribution in [0, 0.1) is 5.92 Å². The number of furan rings is 1. The predicted molar refractivity (Wildman–Crippen MR) is 111 cm³/mol. The van der Waals surface area contributed by atoms with Gasteiger partial charge < -0.3 is 15.1 Å². The molecule has 6 heteroatoms. The first-order valence-corrected chi connectivity index (χ1v) is 10.8. The van der Waals surface area contributed by atoms with Gasteiger partial charge in [0.2, 0.25) is 0 Å². The van der Waals surface area contributed by atoms with E-state index in [9.17, 15) is 4.79 Å². The number of rotatable bonds is 2. The van der Waals surface area contributed by atoms with E-state index in [2.05, 4.69) is 33.5 Å². The number of nitrogens with one attached hydrogen (secondary N) is 2. The van der Waals surface area contributed by atoms with Gasteiger partial charge in [0.15, 0.2) is 6.17 Å². The van der Waals surface area contributed by atoms with Crippen LogP contribution in [0.1, 0.15) is 46.1 Å². The van der Waals surface area contributed by atoms with Crippen LogP contribution in [0.3, 0.4) is 0 Å². The highest BCUT2D eigenvalue weighted by molar-refractivity contribution is 9.10. The molecule has 2 N–H and O–H groups in total. The van der Waals surface area contributed by atoms with E-state index in [-0.39, 0.29) is 12.1 Å². The lowest BCUT2D eigenvalue weighted by atomic mass is 9.88. The third-order valence-corrected chi connectivity index (χ3v) is 6.99. The minimum absolute atomic E-state index is 0.00112. The smallest absolute Gasteiger partial charge is 0.256 e. The van der Waals surface area contributed by atoms with Gasteiger partial charge in [-0.2, -0.15) is 0 Å².